The highest BCUT2D eigenvalue weighted by atomic mass is 19.1. The molecular formula is C12H13FO2. The Labute approximate surface area is 87.7 Å². The Kier molecular flexibility index (Phi) is 2.25. The lowest BCUT2D eigenvalue weighted by Crippen LogP contribution is -2.22. The van der Waals surface area contributed by atoms with Crippen molar-refractivity contribution in [2.24, 2.45) is 5.92 Å². The first-order chi connectivity index (χ1) is 7.11. The molecule has 0 bridgehead atoms. The Bertz CT molecular complexity index is 385. The van der Waals surface area contributed by atoms with Crippen molar-refractivity contribution in [2.75, 3.05) is 0 Å². The number of benzene rings is 1. The van der Waals surface area contributed by atoms with Gasteiger partial charge in [-0.2, -0.15) is 0 Å². The van der Waals surface area contributed by atoms with Gasteiger partial charge in [0, 0.05) is 0 Å². The molecule has 0 heterocycles. The molecule has 1 aliphatic rings. The molecule has 1 aromatic rings. The minimum atomic E-state index is -0.791. The number of rotatable bonds is 3. The molecule has 1 saturated carbocycles. The molecule has 2 atom stereocenters. The van der Waals surface area contributed by atoms with Crippen LogP contribution in [-0.2, 0) is 10.2 Å². The Hall–Kier alpha value is -1.38. The van der Waals surface area contributed by atoms with E-state index in [2.05, 4.69) is 0 Å². The first-order valence-corrected chi connectivity index (χ1v) is 5.10. The average molecular weight is 208 g/mol. The first-order valence-electron chi connectivity index (χ1n) is 5.10. The predicted molar refractivity (Wildman–Crippen MR) is 54.1 cm³/mol. The standard InChI is InChI=1S/C12H13FO2/c1-2-8-7-12(8,11(14)15)9-3-5-10(13)6-4-9/h3-6,8H,2,7H2,1H3,(H,14,15). The predicted octanol–water partition coefficient (Wildman–Crippen LogP) is 2.58. The minimum Gasteiger partial charge on any atom is -0.481 e. The fourth-order valence-electron chi connectivity index (χ4n) is 2.31. The summed E-state index contributed by atoms with van der Waals surface area (Å²) in [5.74, 6) is -0.922. The molecule has 2 nitrogen and oxygen atoms in total. The third-order valence-corrected chi connectivity index (χ3v) is 3.34. The smallest absolute Gasteiger partial charge is 0.314 e. The van der Waals surface area contributed by atoms with Crippen LogP contribution < -0.4 is 0 Å². The molecule has 0 amide bonds. The molecule has 1 fully saturated rings. The summed E-state index contributed by atoms with van der Waals surface area (Å²) in [5, 5.41) is 9.23. The van der Waals surface area contributed by atoms with E-state index in [4.69, 9.17) is 0 Å². The van der Waals surface area contributed by atoms with Crippen molar-refractivity contribution >= 4 is 5.97 Å². The summed E-state index contributed by atoms with van der Waals surface area (Å²) in [7, 11) is 0. The zero-order chi connectivity index (χ0) is 11.1. The molecule has 2 unspecified atom stereocenters. The van der Waals surface area contributed by atoms with Crippen LogP contribution in [0.15, 0.2) is 24.3 Å². The van der Waals surface area contributed by atoms with Gasteiger partial charge in [-0.25, -0.2) is 4.39 Å². The molecule has 0 saturated heterocycles. The molecule has 1 aromatic carbocycles. The monoisotopic (exact) mass is 208 g/mol. The summed E-state index contributed by atoms with van der Waals surface area (Å²) in [6.07, 6.45) is 1.52. The van der Waals surface area contributed by atoms with Gasteiger partial charge in [0.15, 0.2) is 0 Å². The van der Waals surface area contributed by atoms with E-state index in [9.17, 15) is 14.3 Å². The topological polar surface area (TPSA) is 37.3 Å². The van der Waals surface area contributed by atoms with Gasteiger partial charge in [-0.1, -0.05) is 25.5 Å². The van der Waals surface area contributed by atoms with E-state index < -0.39 is 11.4 Å². The van der Waals surface area contributed by atoms with Crippen molar-refractivity contribution in [3.05, 3.63) is 35.6 Å². The van der Waals surface area contributed by atoms with Crippen LogP contribution in [0.3, 0.4) is 0 Å². The lowest BCUT2D eigenvalue weighted by atomic mass is 9.92. The largest absolute Gasteiger partial charge is 0.481 e. The van der Waals surface area contributed by atoms with Crippen LogP contribution in [0, 0.1) is 11.7 Å². The van der Waals surface area contributed by atoms with Crippen molar-refractivity contribution in [3.8, 4) is 0 Å². The first kappa shape index (κ1) is 10.1. The number of halogens is 1. The highest BCUT2D eigenvalue weighted by Crippen LogP contribution is 2.56. The van der Waals surface area contributed by atoms with E-state index in [0.29, 0.717) is 6.42 Å². The molecule has 1 aliphatic carbocycles. The zero-order valence-corrected chi connectivity index (χ0v) is 8.53. The second-order valence-electron chi connectivity index (χ2n) is 4.09. The van der Waals surface area contributed by atoms with Gasteiger partial charge in [-0.15, -0.1) is 0 Å². The highest BCUT2D eigenvalue weighted by molar-refractivity contribution is 5.85. The summed E-state index contributed by atoms with van der Waals surface area (Å²) in [6.45, 7) is 1.98. The fourth-order valence-corrected chi connectivity index (χ4v) is 2.31. The molecule has 80 valence electrons. The van der Waals surface area contributed by atoms with Gasteiger partial charge in [-0.3, -0.25) is 4.79 Å². The molecule has 15 heavy (non-hydrogen) atoms. The van der Waals surface area contributed by atoms with Crippen molar-refractivity contribution in [3.63, 3.8) is 0 Å². The second-order valence-corrected chi connectivity index (χ2v) is 4.09. The third kappa shape index (κ3) is 1.42. The third-order valence-electron chi connectivity index (χ3n) is 3.34. The van der Waals surface area contributed by atoms with Crippen molar-refractivity contribution < 1.29 is 14.3 Å². The Morgan fingerprint density at radius 2 is 2.13 bits per heavy atom. The molecule has 0 radical (unpaired) electrons. The van der Waals surface area contributed by atoms with E-state index in [1.807, 2.05) is 6.92 Å². The van der Waals surface area contributed by atoms with E-state index >= 15 is 0 Å². The van der Waals surface area contributed by atoms with Gasteiger partial charge in [0.05, 0.1) is 5.41 Å². The Morgan fingerprint density at radius 3 is 2.53 bits per heavy atom. The maximum atomic E-state index is 12.7. The number of carboxylic acid groups (broad SMARTS) is 1. The van der Waals surface area contributed by atoms with Crippen LogP contribution in [0.25, 0.3) is 0 Å². The van der Waals surface area contributed by atoms with E-state index in [-0.39, 0.29) is 11.7 Å². The summed E-state index contributed by atoms with van der Waals surface area (Å²) >= 11 is 0. The highest BCUT2D eigenvalue weighted by Gasteiger charge is 2.60. The van der Waals surface area contributed by atoms with Gasteiger partial charge < -0.3 is 5.11 Å². The molecule has 1 N–H and O–H groups in total. The number of hydrogen-bond donors (Lipinski definition) is 1. The quantitative estimate of drug-likeness (QED) is 0.828. The zero-order valence-electron chi connectivity index (χ0n) is 8.53. The van der Waals surface area contributed by atoms with Crippen LogP contribution in [0.4, 0.5) is 4.39 Å². The van der Waals surface area contributed by atoms with Crippen molar-refractivity contribution in [2.45, 2.75) is 25.2 Å². The van der Waals surface area contributed by atoms with Crippen molar-refractivity contribution in [1.82, 2.24) is 0 Å². The van der Waals surface area contributed by atoms with E-state index in [0.717, 1.165) is 12.0 Å². The number of hydrogen-bond acceptors (Lipinski definition) is 1. The summed E-state index contributed by atoms with van der Waals surface area (Å²) in [4.78, 5) is 11.2. The van der Waals surface area contributed by atoms with Crippen molar-refractivity contribution in [1.29, 1.82) is 0 Å². The number of carboxylic acids is 1. The maximum absolute atomic E-state index is 12.7. The lowest BCUT2D eigenvalue weighted by Gasteiger charge is -2.12. The van der Waals surface area contributed by atoms with Gasteiger partial charge in [0.2, 0.25) is 0 Å². The van der Waals surface area contributed by atoms with Gasteiger partial charge in [0.1, 0.15) is 5.82 Å². The number of aliphatic carboxylic acids is 1. The fraction of sp³-hybridized carbons (Fsp3) is 0.417. The molecule has 2 rings (SSSR count). The van der Waals surface area contributed by atoms with E-state index in [1.54, 1.807) is 12.1 Å². The van der Waals surface area contributed by atoms with Gasteiger partial charge in [0.25, 0.3) is 0 Å². The Balaban J connectivity index is 2.36. The van der Waals surface area contributed by atoms with Gasteiger partial charge >= 0.3 is 5.97 Å². The normalized spacial score (nSPS) is 28.8. The molecule has 0 aliphatic heterocycles. The van der Waals surface area contributed by atoms with Crippen LogP contribution in [-0.4, -0.2) is 11.1 Å². The summed E-state index contributed by atoms with van der Waals surface area (Å²) in [5.41, 5.74) is -0.0223. The average Bonchev–Trinajstić information content (AvgIpc) is 2.94. The van der Waals surface area contributed by atoms with Gasteiger partial charge in [-0.05, 0) is 30.0 Å². The van der Waals surface area contributed by atoms with Crippen LogP contribution in [0.5, 0.6) is 0 Å². The van der Waals surface area contributed by atoms with E-state index in [1.165, 1.54) is 12.1 Å². The molecule has 0 aromatic heterocycles. The summed E-state index contributed by atoms with van der Waals surface area (Å²) < 4.78 is 12.7. The molecule has 0 spiro atoms. The minimum absolute atomic E-state index is 0.195. The maximum Gasteiger partial charge on any atom is 0.314 e. The van der Waals surface area contributed by atoms with Crippen LogP contribution >= 0.6 is 0 Å². The lowest BCUT2D eigenvalue weighted by molar-refractivity contribution is -0.140. The Morgan fingerprint density at radius 1 is 1.53 bits per heavy atom. The molecular weight excluding hydrogens is 195 g/mol. The SMILES string of the molecule is CCC1CC1(C(=O)O)c1ccc(F)cc1. The number of carbonyl (C=O) groups is 1. The molecule has 3 heteroatoms. The summed E-state index contributed by atoms with van der Waals surface area (Å²) in [6, 6.07) is 5.81. The van der Waals surface area contributed by atoms with Crippen LogP contribution in [0.1, 0.15) is 25.3 Å². The second kappa shape index (κ2) is 3.33. The van der Waals surface area contributed by atoms with Crippen LogP contribution in [0.2, 0.25) is 0 Å².